The van der Waals surface area contributed by atoms with Gasteiger partial charge >= 0.3 is 6.03 Å². The minimum Gasteiger partial charge on any atom is -0.400 e. The number of amides is 3. The molecule has 1 rings (SSSR count). The van der Waals surface area contributed by atoms with Gasteiger partial charge in [-0.05, 0) is 18.9 Å². The highest BCUT2D eigenvalue weighted by molar-refractivity contribution is 5.97. The Kier molecular flexibility index (Phi) is 13.8. The van der Waals surface area contributed by atoms with E-state index in [4.69, 9.17) is 5.11 Å². The summed E-state index contributed by atoms with van der Waals surface area (Å²) >= 11 is 0. The molecule has 0 saturated carbocycles. The molecule has 5 heteroatoms. The third-order valence-corrected chi connectivity index (χ3v) is 3.23. The van der Waals surface area contributed by atoms with E-state index in [1.165, 1.54) is 17.7 Å². The van der Waals surface area contributed by atoms with E-state index >= 15 is 0 Å². The van der Waals surface area contributed by atoms with Crippen LogP contribution in [0.2, 0.25) is 0 Å². The van der Waals surface area contributed by atoms with Gasteiger partial charge in [0.05, 0.1) is 0 Å². The summed E-state index contributed by atoms with van der Waals surface area (Å²) in [5.41, 5.74) is 0.792. The summed E-state index contributed by atoms with van der Waals surface area (Å²) in [4.78, 5) is 23.6. The third kappa shape index (κ3) is 9.85. The zero-order valence-electron chi connectivity index (χ0n) is 14.0. The van der Waals surface area contributed by atoms with Crippen LogP contribution < -0.4 is 5.32 Å². The molecule has 2 N–H and O–H groups in total. The first-order valence-corrected chi connectivity index (χ1v) is 7.31. The van der Waals surface area contributed by atoms with Gasteiger partial charge in [0.25, 0.3) is 0 Å². The normalized spacial score (nSPS) is 14.6. The fraction of sp³-hybridized carbons (Fsp3) is 0.625. The molecule has 1 aliphatic rings. The second-order valence-corrected chi connectivity index (χ2v) is 4.72. The van der Waals surface area contributed by atoms with Crippen LogP contribution in [0.25, 0.3) is 0 Å². The highest BCUT2D eigenvalue weighted by Gasteiger charge is 2.23. The Morgan fingerprint density at radius 1 is 1.38 bits per heavy atom. The SMILES string of the molecule is C=C/C=C(\C)N1CCC(=O)NC1=O.CCC(C)CC.CO. The summed E-state index contributed by atoms with van der Waals surface area (Å²) < 4.78 is 0. The van der Waals surface area contributed by atoms with Gasteiger partial charge in [-0.15, -0.1) is 0 Å². The average Bonchev–Trinajstić information content (AvgIpc) is 2.49. The molecule has 3 amide bonds. The minimum atomic E-state index is -0.355. The number of nitrogens with zero attached hydrogens (tertiary/aromatic N) is 1. The average molecular weight is 298 g/mol. The number of rotatable bonds is 4. The maximum absolute atomic E-state index is 11.2. The largest absolute Gasteiger partial charge is 0.400 e. The fourth-order valence-corrected chi connectivity index (χ4v) is 1.45. The maximum Gasteiger partial charge on any atom is 0.328 e. The first-order chi connectivity index (χ1) is 9.96. The number of urea groups is 1. The van der Waals surface area contributed by atoms with E-state index in [1.54, 1.807) is 19.1 Å². The van der Waals surface area contributed by atoms with Gasteiger partial charge in [0.1, 0.15) is 0 Å². The second kappa shape index (κ2) is 13.4. The van der Waals surface area contributed by atoms with Gasteiger partial charge in [0.2, 0.25) is 5.91 Å². The van der Waals surface area contributed by atoms with Crippen LogP contribution >= 0.6 is 0 Å². The van der Waals surface area contributed by atoms with Gasteiger partial charge in [0, 0.05) is 25.8 Å². The van der Waals surface area contributed by atoms with Gasteiger partial charge in [-0.2, -0.15) is 0 Å². The molecule has 0 unspecified atom stereocenters. The van der Waals surface area contributed by atoms with Crippen molar-refractivity contribution in [2.75, 3.05) is 13.7 Å². The van der Waals surface area contributed by atoms with E-state index in [9.17, 15) is 9.59 Å². The highest BCUT2D eigenvalue weighted by atomic mass is 16.2. The lowest BCUT2D eigenvalue weighted by molar-refractivity contribution is -0.121. The molecular weight excluding hydrogens is 268 g/mol. The third-order valence-electron chi connectivity index (χ3n) is 3.23. The van der Waals surface area contributed by atoms with E-state index in [1.807, 2.05) is 0 Å². The van der Waals surface area contributed by atoms with Crippen molar-refractivity contribution in [3.8, 4) is 0 Å². The van der Waals surface area contributed by atoms with Gasteiger partial charge in [-0.1, -0.05) is 46.3 Å². The molecule has 1 fully saturated rings. The molecule has 0 bridgehead atoms. The predicted molar refractivity (Wildman–Crippen MR) is 86.7 cm³/mol. The van der Waals surface area contributed by atoms with Crippen LogP contribution in [-0.4, -0.2) is 35.6 Å². The maximum atomic E-state index is 11.2. The van der Waals surface area contributed by atoms with Crippen molar-refractivity contribution in [1.82, 2.24) is 10.2 Å². The second-order valence-electron chi connectivity index (χ2n) is 4.72. The van der Waals surface area contributed by atoms with E-state index in [-0.39, 0.29) is 11.9 Å². The number of hydrogen-bond acceptors (Lipinski definition) is 3. The predicted octanol–water partition coefficient (Wildman–Crippen LogP) is 3.07. The lowest BCUT2D eigenvalue weighted by Crippen LogP contribution is -2.48. The van der Waals surface area contributed by atoms with Crippen molar-refractivity contribution in [3.05, 3.63) is 24.4 Å². The zero-order chi connectivity index (χ0) is 16.8. The van der Waals surface area contributed by atoms with Gasteiger partial charge < -0.3 is 5.11 Å². The minimum absolute atomic E-state index is 0.215. The smallest absolute Gasteiger partial charge is 0.328 e. The number of hydrogen-bond donors (Lipinski definition) is 2. The summed E-state index contributed by atoms with van der Waals surface area (Å²) in [6.07, 6.45) is 6.36. The van der Waals surface area contributed by atoms with Crippen LogP contribution in [-0.2, 0) is 4.79 Å². The standard InChI is InChI=1S/C9H12N2O2.C6H14.CH4O/c1-3-4-7(2)11-6-5-8(12)10-9(11)13;1-4-6(3)5-2;1-2/h3-4H,1,5-6H2,2H3,(H,10,12,13);6H,4-5H2,1-3H3;2H,1H3/b7-4+;;. The van der Waals surface area contributed by atoms with E-state index in [0.717, 1.165) is 18.7 Å². The molecule has 1 heterocycles. The first-order valence-electron chi connectivity index (χ1n) is 7.31. The Hall–Kier alpha value is -1.62. The molecule has 5 nitrogen and oxygen atoms in total. The number of imide groups is 1. The topological polar surface area (TPSA) is 69.6 Å². The van der Waals surface area contributed by atoms with Crippen molar-refractivity contribution in [2.24, 2.45) is 5.92 Å². The molecule has 122 valence electrons. The highest BCUT2D eigenvalue weighted by Crippen LogP contribution is 2.08. The Bertz CT molecular complexity index is 347. The number of nitrogens with one attached hydrogen (secondary N) is 1. The van der Waals surface area contributed by atoms with Crippen molar-refractivity contribution < 1.29 is 14.7 Å². The van der Waals surface area contributed by atoms with Gasteiger partial charge in [-0.25, -0.2) is 4.79 Å². The number of aliphatic hydroxyl groups excluding tert-OH is 1. The van der Waals surface area contributed by atoms with Crippen molar-refractivity contribution in [2.45, 2.75) is 47.0 Å². The molecule has 0 spiro atoms. The number of carbonyl (C=O) groups excluding carboxylic acids is 2. The molecule has 21 heavy (non-hydrogen) atoms. The van der Waals surface area contributed by atoms with E-state index in [0.29, 0.717) is 13.0 Å². The van der Waals surface area contributed by atoms with Crippen LogP contribution in [0.3, 0.4) is 0 Å². The molecule has 0 radical (unpaired) electrons. The van der Waals surface area contributed by atoms with Crippen LogP contribution in [0.1, 0.15) is 47.0 Å². The quantitative estimate of drug-likeness (QED) is 0.784. The van der Waals surface area contributed by atoms with Crippen molar-refractivity contribution in [1.29, 1.82) is 0 Å². The van der Waals surface area contributed by atoms with E-state index < -0.39 is 0 Å². The molecule has 0 aliphatic carbocycles. The molecule has 0 atom stereocenters. The van der Waals surface area contributed by atoms with Gasteiger partial charge in [-0.3, -0.25) is 15.0 Å². The van der Waals surface area contributed by atoms with Crippen LogP contribution in [0.4, 0.5) is 4.79 Å². The molecular formula is C16H30N2O3. The van der Waals surface area contributed by atoms with Crippen LogP contribution in [0.5, 0.6) is 0 Å². The van der Waals surface area contributed by atoms with E-state index in [2.05, 4.69) is 32.7 Å². The summed E-state index contributed by atoms with van der Waals surface area (Å²) in [6.45, 7) is 12.5. The molecule has 0 aromatic carbocycles. The summed E-state index contributed by atoms with van der Waals surface area (Å²) in [5, 5.41) is 9.24. The summed E-state index contributed by atoms with van der Waals surface area (Å²) in [7, 11) is 1.00. The number of aliphatic hydroxyl groups is 1. The Morgan fingerprint density at radius 3 is 2.24 bits per heavy atom. The van der Waals surface area contributed by atoms with Crippen LogP contribution in [0, 0.1) is 5.92 Å². The van der Waals surface area contributed by atoms with Gasteiger partial charge in [0.15, 0.2) is 0 Å². The Morgan fingerprint density at radius 2 is 1.90 bits per heavy atom. The summed E-state index contributed by atoms with van der Waals surface area (Å²) in [6, 6.07) is -0.355. The fourth-order valence-electron chi connectivity index (χ4n) is 1.45. The molecule has 0 aromatic rings. The zero-order valence-corrected chi connectivity index (χ0v) is 14.0. The lowest BCUT2D eigenvalue weighted by Gasteiger charge is -2.26. The van der Waals surface area contributed by atoms with Crippen LogP contribution in [0.15, 0.2) is 24.4 Å². The number of carbonyl (C=O) groups is 2. The molecule has 0 aromatic heterocycles. The Balaban J connectivity index is 0. The molecule has 1 aliphatic heterocycles. The van der Waals surface area contributed by atoms with Crippen molar-refractivity contribution in [3.63, 3.8) is 0 Å². The monoisotopic (exact) mass is 298 g/mol. The Labute approximate surface area is 128 Å². The lowest BCUT2D eigenvalue weighted by atomic mass is 10.1. The first kappa shape index (κ1) is 21.7. The summed E-state index contributed by atoms with van der Waals surface area (Å²) in [5.74, 6) is 0.720. The molecule has 1 saturated heterocycles. The van der Waals surface area contributed by atoms with Crippen molar-refractivity contribution >= 4 is 11.9 Å². The number of allylic oxidation sites excluding steroid dienone is 3.